The number of aromatic nitrogens is 2. The second-order valence-electron chi connectivity index (χ2n) is 4.15. The van der Waals surface area contributed by atoms with Gasteiger partial charge in [-0.2, -0.15) is 5.10 Å². The fraction of sp³-hybridized carbons (Fsp3) is 0.417. The molecule has 0 spiro atoms. The quantitative estimate of drug-likeness (QED) is 0.860. The lowest BCUT2D eigenvalue weighted by Gasteiger charge is -2.06. The average Bonchev–Trinajstić information content (AvgIpc) is 2.86. The molecule has 0 aliphatic carbocycles. The highest BCUT2D eigenvalue weighted by Gasteiger charge is 2.13. The van der Waals surface area contributed by atoms with Crippen LogP contribution in [-0.2, 0) is 6.42 Å². The van der Waals surface area contributed by atoms with Crippen molar-refractivity contribution in [1.29, 1.82) is 0 Å². The van der Waals surface area contributed by atoms with Gasteiger partial charge < -0.3 is 9.52 Å². The van der Waals surface area contributed by atoms with Crippen LogP contribution in [0.4, 0.5) is 0 Å². The van der Waals surface area contributed by atoms with Crippen molar-refractivity contribution >= 4 is 0 Å². The largest absolute Gasteiger partial charge is 0.469 e. The van der Waals surface area contributed by atoms with E-state index in [1.165, 1.54) is 0 Å². The van der Waals surface area contributed by atoms with E-state index in [4.69, 9.17) is 4.42 Å². The van der Waals surface area contributed by atoms with Crippen LogP contribution in [0.2, 0.25) is 0 Å². The zero-order valence-electron chi connectivity index (χ0n) is 9.50. The first-order valence-electron chi connectivity index (χ1n) is 5.41. The molecule has 0 aliphatic heterocycles. The van der Waals surface area contributed by atoms with Gasteiger partial charge in [-0.3, -0.25) is 4.68 Å². The van der Waals surface area contributed by atoms with Crippen LogP contribution in [0, 0.1) is 0 Å². The molecule has 0 aliphatic rings. The number of hydrogen-bond acceptors (Lipinski definition) is 3. The van der Waals surface area contributed by atoms with Crippen molar-refractivity contribution in [3.8, 4) is 0 Å². The van der Waals surface area contributed by atoms with Gasteiger partial charge in [-0.25, -0.2) is 0 Å². The van der Waals surface area contributed by atoms with Crippen molar-refractivity contribution < 1.29 is 9.52 Å². The van der Waals surface area contributed by atoms with Gasteiger partial charge in [-0.05, 0) is 26.0 Å². The molecule has 0 saturated carbocycles. The van der Waals surface area contributed by atoms with E-state index in [2.05, 4.69) is 18.9 Å². The van der Waals surface area contributed by atoms with Crippen molar-refractivity contribution in [2.75, 3.05) is 0 Å². The molecule has 16 heavy (non-hydrogen) atoms. The van der Waals surface area contributed by atoms with E-state index in [1.54, 1.807) is 12.5 Å². The predicted molar refractivity (Wildman–Crippen MR) is 60.0 cm³/mol. The molecule has 0 amide bonds. The van der Waals surface area contributed by atoms with Crippen molar-refractivity contribution in [2.24, 2.45) is 0 Å². The number of rotatable bonds is 4. The molecule has 2 aromatic rings. The Kier molecular flexibility index (Phi) is 3.10. The summed E-state index contributed by atoms with van der Waals surface area (Å²) >= 11 is 0. The van der Waals surface area contributed by atoms with E-state index in [1.807, 2.05) is 23.0 Å². The molecule has 86 valence electrons. The Bertz CT molecular complexity index is 432. The van der Waals surface area contributed by atoms with E-state index in [9.17, 15) is 5.11 Å². The Hall–Kier alpha value is -1.55. The minimum Gasteiger partial charge on any atom is -0.469 e. The number of aliphatic hydroxyl groups is 1. The Morgan fingerprint density at radius 3 is 2.88 bits per heavy atom. The van der Waals surface area contributed by atoms with E-state index >= 15 is 0 Å². The molecule has 1 atom stereocenters. The maximum absolute atomic E-state index is 9.97. The van der Waals surface area contributed by atoms with Crippen molar-refractivity contribution in [1.82, 2.24) is 9.78 Å². The number of aliphatic hydroxyl groups excluding tert-OH is 1. The molecule has 2 heterocycles. The third-order valence-corrected chi connectivity index (χ3v) is 2.51. The van der Waals surface area contributed by atoms with Crippen LogP contribution in [0.3, 0.4) is 0 Å². The Balaban J connectivity index is 2.06. The molecule has 2 aromatic heterocycles. The van der Waals surface area contributed by atoms with Crippen LogP contribution in [0.5, 0.6) is 0 Å². The van der Waals surface area contributed by atoms with Crippen LogP contribution in [0.15, 0.2) is 35.2 Å². The second-order valence-corrected chi connectivity index (χ2v) is 4.15. The molecular formula is C12H16N2O2. The minimum atomic E-state index is -0.557. The molecule has 2 rings (SSSR count). The highest BCUT2D eigenvalue weighted by Crippen LogP contribution is 2.19. The normalized spacial score (nSPS) is 13.2. The third-order valence-electron chi connectivity index (χ3n) is 2.51. The first-order chi connectivity index (χ1) is 7.66. The zero-order chi connectivity index (χ0) is 11.5. The second kappa shape index (κ2) is 4.53. The molecule has 4 nitrogen and oxygen atoms in total. The standard InChI is InChI=1S/C12H16N2O2/c1-9(2)14-8-10(7-13-14)12(15)6-11-4-3-5-16-11/h3-5,7-9,12,15H,6H2,1-2H3. The lowest BCUT2D eigenvalue weighted by atomic mass is 10.1. The van der Waals surface area contributed by atoms with Crippen molar-refractivity contribution in [3.63, 3.8) is 0 Å². The van der Waals surface area contributed by atoms with Gasteiger partial charge in [-0.15, -0.1) is 0 Å². The zero-order valence-corrected chi connectivity index (χ0v) is 9.50. The van der Waals surface area contributed by atoms with Gasteiger partial charge >= 0.3 is 0 Å². The highest BCUT2D eigenvalue weighted by molar-refractivity contribution is 5.12. The Morgan fingerprint density at radius 1 is 1.50 bits per heavy atom. The van der Waals surface area contributed by atoms with E-state index in [-0.39, 0.29) is 0 Å². The lowest BCUT2D eigenvalue weighted by molar-refractivity contribution is 0.170. The molecule has 1 unspecified atom stereocenters. The number of furan rings is 1. The summed E-state index contributed by atoms with van der Waals surface area (Å²) in [5, 5.41) is 14.2. The van der Waals surface area contributed by atoms with Crippen LogP contribution in [0.25, 0.3) is 0 Å². The van der Waals surface area contributed by atoms with Gasteiger partial charge in [-0.1, -0.05) is 0 Å². The summed E-state index contributed by atoms with van der Waals surface area (Å²) < 4.78 is 7.03. The van der Waals surface area contributed by atoms with E-state index in [0.29, 0.717) is 12.5 Å². The monoisotopic (exact) mass is 220 g/mol. The van der Waals surface area contributed by atoms with Gasteiger partial charge in [0, 0.05) is 24.2 Å². The number of nitrogens with zero attached hydrogens (tertiary/aromatic N) is 2. The Labute approximate surface area is 94.5 Å². The van der Waals surface area contributed by atoms with Gasteiger partial charge in [0.25, 0.3) is 0 Å². The fourth-order valence-corrected chi connectivity index (χ4v) is 1.54. The van der Waals surface area contributed by atoms with Crippen LogP contribution >= 0.6 is 0 Å². The van der Waals surface area contributed by atoms with E-state index in [0.717, 1.165) is 11.3 Å². The smallest absolute Gasteiger partial charge is 0.106 e. The van der Waals surface area contributed by atoms with Crippen LogP contribution in [0.1, 0.15) is 37.3 Å². The third kappa shape index (κ3) is 2.33. The van der Waals surface area contributed by atoms with Crippen LogP contribution in [-0.4, -0.2) is 14.9 Å². The average molecular weight is 220 g/mol. The van der Waals surface area contributed by atoms with Crippen molar-refractivity contribution in [3.05, 3.63) is 42.1 Å². The van der Waals surface area contributed by atoms with Crippen molar-refractivity contribution in [2.45, 2.75) is 32.4 Å². The van der Waals surface area contributed by atoms with Gasteiger partial charge in [0.1, 0.15) is 5.76 Å². The molecule has 0 bridgehead atoms. The van der Waals surface area contributed by atoms with Crippen LogP contribution < -0.4 is 0 Å². The molecule has 0 fully saturated rings. The summed E-state index contributed by atoms with van der Waals surface area (Å²) in [6.07, 6.45) is 5.11. The summed E-state index contributed by atoms with van der Waals surface area (Å²) in [4.78, 5) is 0. The van der Waals surface area contributed by atoms with Gasteiger partial charge in [0.2, 0.25) is 0 Å². The van der Waals surface area contributed by atoms with E-state index < -0.39 is 6.10 Å². The molecule has 0 aromatic carbocycles. The highest BCUT2D eigenvalue weighted by atomic mass is 16.3. The fourth-order valence-electron chi connectivity index (χ4n) is 1.54. The molecule has 0 radical (unpaired) electrons. The summed E-state index contributed by atoms with van der Waals surface area (Å²) in [5.74, 6) is 0.782. The maximum atomic E-state index is 9.97. The summed E-state index contributed by atoms with van der Waals surface area (Å²) in [6, 6.07) is 3.99. The number of hydrogen-bond donors (Lipinski definition) is 1. The maximum Gasteiger partial charge on any atom is 0.106 e. The summed E-state index contributed by atoms with van der Waals surface area (Å²) in [5.41, 5.74) is 0.824. The topological polar surface area (TPSA) is 51.2 Å². The SMILES string of the molecule is CC(C)n1cc(C(O)Cc2ccco2)cn1. The lowest BCUT2D eigenvalue weighted by Crippen LogP contribution is -2.02. The first-order valence-corrected chi connectivity index (χ1v) is 5.41. The summed E-state index contributed by atoms with van der Waals surface area (Å²) in [6.45, 7) is 4.10. The summed E-state index contributed by atoms with van der Waals surface area (Å²) in [7, 11) is 0. The molecule has 4 heteroatoms. The molecule has 1 N–H and O–H groups in total. The van der Waals surface area contributed by atoms with Gasteiger partial charge in [0.05, 0.1) is 18.6 Å². The van der Waals surface area contributed by atoms with Gasteiger partial charge in [0.15, 0.2) is 0 Å². The first kappa shape index (κ1) is 11.0. The molecular weight excluding hydrogens is 204 g/mol. The predicted octanol–water partition coefficient (Wildman–Crippen LogP) is 2.33. The minimum absolute atomic E-state index is 0.310. The Morgan fingerprint density at radius 2 is 2.31 bits per heavy atom. The molecule has 0 saturated heterocycles.